The number of rotatable bonds is 7. The molecule has 4 aromatic rings. The monoisotopic (exact) mass is 567 g/mol. The summed E-state index contributed by atoms with van der Waals surface area (Å²) in [5.41, 5.74) is 1.61. The topological polar surface area (TPSA) is 55.8 Å². The second kappa shape index (κ2) is 11.1. The van der Waals surface area contributed by atoms with Crippen molar-refractivity contribution in [2.45, 2.75) is 13.2 Å². The Kier molecular flexibility index (Phi) is 7.61. The Balaban J connectivity index is 1.37. The molecule has 5 rings (SSSR count). The van der Waals surface area contributed by atoms with Crippen LogP contribution in [0.2, 0.25) is 10.0 Å². The fraction of sp³-hybridized carbons (Fsp3) is 0.103. The molecule has 4 aromatic carbocycles. The zero-order chi connectivity index (χ0) is 26.8. The number of hydrogen-bond acceptors (Lipinski definition) is 5. The van der Waals surface area contributed by atoms with Crippen LogP contribution >= 0.6 is 35.0 Å². The predicted molar refractivity (Wildman–Crippen MR) is 149 cm³/mol. The van der Waals surface area contributed by atoms with E-state index in [4.69, 9.17) is 32.7 Å². The maximum atomic E-state index is 14.2. The van der Waals surface area contributed by atoms with Crippen LogP contribution in [0.4, 0.5) is 9.18 Å². The summed E-state index contributed by atoms with van der Waals surface area (Å²) >= 11 is 13.4. The van der Waals surface area contributed by atoms with Crippen molar-refractivity contribution in [2.75, 3.05) is 7.11 Å². The van der Waals surface area contributed by atoms with E-state index in [-0.39, 0.29) is 33.7 Å². The number of carbonyl (C=O) groups is 2. The highest BCUT2D eigenvalue weighted by molar-refractivity contribution is 8.18. The molecule has 0 atom stereocenters. The normalized spacial score (nSPS) is 14.5. The molecule has 0 bridgehead atoms. The fourth-order valence-electron chi connectivity index (χ4n) is 4.16. The minimum atomic E-state index is -0.587. The molecule has 0 aliphatic carbocycles. The van der Waals surface area contributed by atoms with Gasteiger partial charge < -0.3 is 9.47 Å². The van der Waals surface area contributed by atoms with Crippen molar-refractivity contribution in [3.8, 4) is 11.5 Å². The van der Waals surface area contributed by atoms with E-state index in [0.29, 0.717) is 17.1 Å². The van der Waals surface area contributed by atoms with E-state index >= 15 is 0 Å². The van der Waals surface area contributed by atoms with Crippen molar-refractivity contribution < 1.29 is 23.5 Å². The van der Waals surface area contributed by atoms with Crippen LogP contribution in [0.5, 0.6) is 11.5 Å². The second-order valence-corrected chi connectivity index (χ2v) is 10.2. The highest BCUT2D eigenvalue weighted by Gasteiger charge is 2.36. The zero-order valence-electron chi connectivity index (χ0n) is 20.0. The summed E-state index contributed by atoms with van der Waals surface area (Å²) in [7, 11) is 1.49. The Bertz CT molecular complexity index is 1580. The average molecular weight is 568 g/mol. The van der Waals surface area contributed by atoms with E-state index in [1.165, 1.54) is 31.4 Å². The SMILES string of the molecule is COc1cc(/C=C2\SC(=O)N(Cc3c(F)cccc3Cl)C2=O)cc(Cl)c1OCc1cccc2ccccc12. The Morgan fingerprint density at radius 3 is 2.53 bits per heavy atom. The highest BCUT2D eigenvalue weighted by atomic mass is 35.5. The van der Waals surface area contributed by atoms with Gasteiger partial charge in [0.15, 0.2) is 11.5 Å². The first-order valence-corrected chi connectivity index (χ1v) is 13.1. The van der Waals surface area contributed by atoms with Gasteiger partial charge in [-0.2, -0.15) is 0 Å². The summed E-state index contributed by atoms with van der Waals surface area (Å²) < 4.78 is 25.8. The van der Waals surface area contributed by atoms with Crippen molar-refractivity contribution in [3.05, 3.63) is 110 Å². The number of ether oxygens (including phenoxy) is 2. The number of carbonyl (C=O) groups excluding carboxylic acids is 2. The largest absolute Gasteiger partial charge is 0.493 e. The lowest BCUT2D eigenvalue weighted by molar-refractivity contribution is -0.123. The summed E-state index contributed by atoms with van der Waals surface area (Å²) in [6.45, 7) is 0.00676. The predicted octanol–water partition coefficient (Wildman–Crippen LogP) is 8.11. The van der Waals surface area contributed by atoms with Crippen molar-refractivity contribution in [1.29, 1.82) is 0 Å². The lowest BCUT2D eigenvalue weighted by Crippen LogP contribution is -2.28. The first-order valence-electron chi connectivity index (χ1n) is 11.5. The van der Waals surface area contributed by atoms with Crippen molar-refractivity contribution in [3.63, 3.8) is 0 Å². The molecule has 38 heavy (non-hydrogen) atoms. The third kappa shape index (κ3) is 5.23. The number of nitrogens with zero attached hydrogens (tertiary/aromatic N) is 1. The van der Waals surface area contributed by atoms with Gasteiger partial charge in [0.2, 0.25) is 0 Å². The smallest absolute Gasteiger partial charge is 0.293 e. The number of thioether (sulfide) groups is 1. The Hall–Kier alpha value is -3.52. The zero-order valence-corrected chi connectivity index (χ0v) is 22.4. The molecule has 0 aromatic heterocycles. The maximum Gasteiger partial charge on any atom is 0.293 e. The fourth-order valence-corrected chi connectivity index (χ4v) is 5.50. The number of halogens is 3. The van der Waals surface area contributed by atoms with E-state index < -0.39 is 17.0 Å². The molecule has 1 heterocycles. The molecule has 2 amide bonds. The van der Waals surface area contributed by atoms with Crippen LogP contribution in [0.15, 0.2) is 77.7 Å². The number of imide groups is 1. The Labute approximate surface area is 232 Å². The van der Waals surface area contributed by atoms with E-state index in [1.807, 2.05) is 42.5 Å². The van der Waals surface area contributed by atoms with Crippen LogP contribution < -0.4 is 9.47 Å². The molecule has 1 aliphatic heterocycles. The molecule has 0 radical (unpaired) electrons. The second-order valence-electron chi connectivity index (χ2n) is 8.43. The van der Waals surface area contributed by atoms with Crippen LogP contribution in [0.1, 0.15) is 16.7 Å². The van der Waals surface area contributed by atoms with Gasteiger partial charge in [-0.15, -0.1) is 0 Å². The van der Waals surface area contributed by atoms with Crippen LogP contribution in [-0.4, -0.2) is 23.2 Å². The van der Waals surface area contributed by atoms with Gasteiger partial charge in [-0.3, -0.25) is 14.5 Å². The van der Waals surface area contributed by atoms with E-state index in [0.717, 1.165) is 33.0 Å². The minimum absolute atomic E-state index is 0.0788. The van der Waals surface area contributed by atoms with Gasteiger partial charge >= 0.3 is 0 Å². The van der Waals surface area contributed by atoms with E-state index in [9.17, 15) is 14.0 Å². The van der Waals surface area contributed by atoms with E-state index in [1.54, 1.807) is 12.1 Å². The molecule has 0 unspecified atom stereocenters. The number of hydrogen-bond donors (Lipinski definition) is 0. The number of benzene rings is 4. The molecule has 0 spiro atoms. The number of methoxy groups -OCH3 is 1. The summed E-state index contributed by atoms with van der Waals surface area (Å²) in [4.78, 5) is 26.7. The van der Waals surface area contributed by atoms with Crippen LogP contribution in [0.3, 0.4) is 0 Å². The Morgan fingerprint density at radius 1 is 0.974 bits per heavy atom. The molecule has 0 saturated carbocycles. The van der Waals surface area contributed by atoms with Gasteiger partial charge in [0.1, 0.15) is 12.4 Å². The number of amides is 2. The summed E-state index contributed by atoms with van der Waals surface area (Å²) in [6.07, 6.45) is 1.54. The van der Waals surface area contributed by atoms with Crippen LogP contribution in [0, 0.1) is 5.82 Å². The first kappa shape index (κ1) is 26.1. The highest BCUT2D eigenvalue weighted by Crippen LogP contribution is 2.40. The third-order valence-electron chi connectivity index (χ3n) is 6.05. The standard InChI is InChI=1S/C29H20Cl2FNO4S/c1-36-25-13-17(12-23(31)27(25)37-16-19-8-4-7-18-6-2-3-9-20(18)19)14-26-28(34)33(29(35)38-26)15-21-22(30)10-5-11-24(21)32/h2-14H,15-16H2,1H3/b26-14-. The van der Waals surface area contributed by atoms with Gasteiger partial charge in [-0.25, -0.2) is 4.39 Å². The molecule has 5 nitrogen and oxygen atoms in total. The van der Waals surface area contributed by atoms with Gasteiger partial charge in [0, 0.05) is 10.6 Å². The lowest BCUT2D eigenvalue weighted by Gasteiger charge is -2.15. The summed E-state index contributed by atoms with van der Waals surface area (Å²) in [5, 5.41) is 2.09. The molecule has 1 fully saturated rings. The molecule has 0 N–H and O–H groups in total. The molecular weight excluding hydrogens is 548 g/mol. The molecule has 1 aliphatic rings. The van der Waals surface area contributed by atoms with Gasteiger partial charge in [0.05, 0.1) is 23.6 Å². The maximum absolute atomic E-state index is 14.2. The molecule has 1 saturated heterocycles. The van der Waals surface area contributed by atoms with Crippen LogP contribution in [0.25, 0.3) is 16.8 Å². The van der Waals surface area contributed by atoms with Crippen LogP contribution in [-0.2, 0) is 17.9 Å². The summed E-state index contributed by atoms with van der Waals surface area (Å²) in [5.74, 6) is -0.398. The van der Waals surface area contributed by atoms with Crippen molar-refractivity contribution in [1.82, 2.24) is 4.90 Å². The Morgan fingerprint density at radius 2 is 1.74 bits per heavy atom. The lowest BCUT2D eigenvalue weighted by atomic mass is 10.1. The van der Waals surface area contributed by atoms with Crippen molar-refractivity contribution in [2.24, 2.45) is 0 Å². The molecule has 192 valence electrons. The minimum Gasteiger partial charge on any atom is -0.493 e. The van der Waals surface area contributed by atoms with Gasteiger partial charge in [-0.05, 0) is 64.0 Å². The van der Waals surface area contributed by atoms with Gasteiger partial charge in [-0.1, -0.05) is 71.7 Å². The third-order valence-corrected chi connectivity index (χ3v) is 7.60. The van der Waals surface area contributed by atoms with Gasteiger partial charge in [0.25, 0.3) is 11.1 Å². The van der Waals surface area contributed by atoms with E-state index in [2.05, 4.69) is 0 Å². The quantitative estimate of drug-likeness (QED) is 0.211. The summed E-state index contributed by atoms with van der Waals surface area (Å²) in [6, 6.07) is 21.5. The first-order chi connectivity index (χ1) is 18.4. The molecular formula is C29H20Cl2FNO4S. The molecule has 9 heteroatoms. The van der Waals surface area contributed by atoms with Crippen molar-refractivity contribution >= 4 is 63.0 Å². The average Bonchev–Trinajstić information content (AvgIpc) is 3.17. The number of fused-ring (bicyclic) bond motifs is 1.